The van der Waals surface area contributed by atoms with E-state index in [0.29, 0.717) is 24.2 Å². The molecule has 4 aliphatic rings. The fourth-order valence-electron chi connectivity index (χ4n) is 7.87. The molecule has 0 aromatic heterocycles. The highest BCUT2D eigenvalue weighted by atomic mass is 16.5. The minimum absolute atomic E-state index is 0.0303. The van der Waals surface area contributed by atoms with Crippen LogP contribution in [0.5, 0.6) is 0 Å². The summed E-state index contributed by atoms with van der Waals surface area (Å²) in [6, 6.07) is 0. The number of carbonyl (C=O) groups excluding carboxylic acids is 2. The molecule has 3 heteroatoms. The van der Waals surface area contributed by atoms with E-state index >= 15 is 0 Å². The van der Waals surface area contributed by atoms with E-state index in [1.54, 1.807) is 0 Å². The van der Waals surface area contributed by atoms with Gasteiger partial charge in [0.05, 0.1) is 6.61 Å². The number of allylic oxidation sites excluding steroid dienone is 1. The van der Waals surface area contributed by atoms with E-state index in [9.17, 15) is 9.59 Å². The van der Waals surface area contributed by atoms with Gasteiger partial charge in [0.25, 0.3) is 0 Å². The molecule has 0 heterocycles. The lowest BCUT2D eigenvalue weighted by atomic mass is 9.46. The Bertz CT molecular complexity index is 665. The molecule has 0 bridgehead atoms. The predicted molar refractivity (Wildman–Crippen MR) is 111 cm³/mol. The van der Waals surface area contributed by atoms with Crippen LogP contribution in [0.25, 0.3) is 0 Å². The van der Waals surface area contributed by atoms with Crippen molar-refractivity contribution in [3.63, 3.8) is 0 Å². The van der Waals surface area contributed by atoms with Gasteiger partial charge < -0.3 is 4.74 Å². The molecule has 0 aromatic rings. The minimum atomic E-state index is -0.0303. The normalized spacial score (nSPS) is 42.2. The monoisotopic (exact) mass is 386 g/mol. The van der Waals surface area contributed by atoms with Crippen LogP contribution in [0.3, 0.4) is 0 Å². The maximum atomic E-state index is 12.0. The zero-order valence-corrected chi connectivity index (χ0v) is 18.1. The van der Waals surface area contributed by atoms with Gasteiger partial charge in [-0.2, -0.15) is 0 Å². The molecule has 4 aliphatic carbocycles. The Balaban J connectivity index is 1.44. The van der Waals surface area contributed by atoms with E-state index in [1.165, 1.54) is 44.1 Å². The predicted octanol–water partition coefficient (Wildman–Crippen LogP) is 5.87. The van der Waals surface area contributed by atoms with Gasteiger partial charge in [-0.05, 0) is 105 Å². The molecular weight excluding hydrogens is 348 g/mol. The van der Waals surface area contributed by atoms with Crippen molar-refractivity contribution < 1.29 is 14.3 Å². The van der Waals surface area contributed by atoms with Crippen LogP contribution in [0.1, 0.15) is 91.4 Å². The van der Waals surface area contributed by atoms with Crippen molar-refractivity contribution in [3.05, 3.63) is 11.6 Å². The highest BCUT2D eigenvalue weighted by molar-refractivity contribution is 5.91. The molecule has 0 aliphatic heterocycles. The van der Waals surface area contributed by atoms with Gasteiger partial charge in [-0.3, -0.25) is 9.59 Å². The summed E-state index contributed by atoms with van der Waals surface area (Å²) in [5.74, 6) is 3.55. The fraction of sp³-hybridized carbons (Fsp3) is 0.840. The van der Waals surface area contributed by atoms with Crippen molar-refractivity contribution in [3.8, 4) is 0 Å². The zero-order valence-electron chi connectivity index (χ0n) is 18.1. The Morgan fingerprint density at radius 3 is 2.71 bits per heavy atom. The van der Waals surface area contributed by atoms with Crippen LogP contribution in [0.2, 0.25) is 0 Å². The lowest BCUT2D eigenvalue weighted by Crippen LogP contribution is -2.50. The van der Waals surface area contributed by atoms with E-state index in [-0.39, 0.29) is 11.4 Å². The molecule has 3 saturated carbocycles. The molecule has 5 unspecified atom stereocenters. The number of carbonyl (C=O) groups is 2. The Morgan fingerprint density at radius 1 is 1.11 bits per heavy atom. The number of rotatable bonds is 5. The van der Waals surface area contributed by atoms with Crippen LogP contribution < -0.4 is 0 Å². The van der Waals surface area contributed by atoms with Crippen molar-refractivity contribution in [2.45, 2.75) is 91.4 Å². The molecule has 0 saturated heterocycles. The third-order valence-electron chi connectivity index (χ3n) is 9.40. The van der Waals surface area contributed by atoms with Gasteiger partial charge in [-0.15, -0.1) is 0 Å². The summed E-state index contributed by atoms with van der Waals surface area (Å²) in [6.45, 7) is 7.41. The van der Waals surface area contributed by atoms with Gasteiger partial charge in [-0.25, -0.2) is 0 Å². The second-order valence-electron chi connectivity index (χ2n) is 10.5. The highest BCUT2D eigenvalue weighted by Gasteiger charge is 2.58. The van der Waals surface area contributed by atoms with Crippen molar-refractivity contribution >= 4 is 11.8 Å². The van der Waals surface area contributed by atoms with E-state index in [1.807, 2.05) is 13.0 Å². The maximum absolute atomic E-state index is 12.0. The molecule has 28 heavy (non-hydrogen) atoms. The third-order valence-corrected chi connectivity index (χ3v) is 9.40. The highest BCUT2D eigenvalue weighted by Crippen LogP contribution is 2.67. The van der Waals surface area contributed by atoms with Gasteiger partial charge in [0, 0.05) is 12.8 Å². The largest absolute Gasteiger partial charge is 0.466 e. The lowest BCUT2D eigenvalue weighted by Gasteiger charge is -2.58. The van der Waals surface area contributed by atoms with Crippen LogP contribution in [0.4, 0.5) is 0 Å². The van der Waals surface area contributed by atoms with Crippen LogP contribution in [-0.4, -0.2) is 18.4 Å². The SMILES string of the molecule is CCOC(=O)CCC[C@H]1CCC2C3CCC4=CC(=O)CCC4(C)C3CCC21C. The zero-order chi connectivity index (χ0) is 19.9. The Labute approximate surface area is 170 Å². The van der Waals surface area contributed by atoms with E-state index < -0.39 is 0 Å². The molecule has 0 aromatic carbocycles. The standard InChI is InChI=1S/C25H38O3/c1-4-28-23(27)7-5-6-17-9-11-21-20-10-8-18-16-19(26)12-14-25(18,3)22(20)13-15-24(17,21)2/h16-17,20-22H,4-15H2,1-3H3/t17-,20?,21?,22?,24?,25?/m0/s1. The number of hydrogen-bond acceptors (Lipinski definition) is 3. The van der Waals surface area contributed by atoms with Gasteiger partial charge in [-0.1, -0.05) is 19.4 Å². The average Bonchev–Trinajstić information content (AvgIpc) is 2.99. The second-order valence-corrected chi connectivity index (χ2v) is 10.5. The van der Waals surface area contributed by atoms with Gasteiger partial charge in [0.15, 0.2) is 5.78 Å². The van der Waals surface area contributed by atoms with E-state index in [0.717, 1.165) is 49.4 Å². The van der Waals surface area contributed by atoms with Gasteiger partial charge in [0.2, 0.25) is 0 Å². The first kappa shape index (κ1) is 20.2. The quantitative estimate of drug-likeness (QED) is 0.555. The van der Waals surface area contributed by atoms with Crippen molar-refractivity contribution in [2.75, 3.05) is 6.61 Å². The summed E-state index contributed by atoms with van der Waals surface area (Å²) in [5.41, 5.74) is 2.20. The molecule has 0 spiro atoms. The Hall–Kier alpha value is -1.12. The van der Waals surface area contributed by atoms with Crippen LogP contribution in [0, 0.1) is 34.5 Å². The van der Waals surface area contributed by atoms with Gasteiger partial charge in [0.1, 0.15) is 0 Å². The number of ether oxygens (including phenoxy) is 1. The van der Waals surface area contributed by atoms with Crippen LogP contribution >= 0.6 is 0 Å². The van der Waals surface area contributed by atoms with Gasteiger partial charge >= 0.3 is 5.97 Å². The van der Waals surface area contributed by atoms with Crippen molar-refractivity contribution in [1.82, 2.24) is 0 Å². The summed E-state index contributed by atoms with van der Waals surface area (Å²) in [6.07, 6.45) is 14.4. The molecule has 0 N–H and O–H groups in total. The Morgan fingerprint density at radius 2 is 1.93 bits per heavy atom. The molecule has 4 rings (SSSR count). The van der Waals surface area contributed by atoms with E-state index in [4.69, 9.17) is 4.74 Å². The van der Waals surface area contributed by atoms with Crippen molar-refractivity contribution in [1.29, 1.82) is 0 Å². The Kier molecular flexibility index (Phi) is 5.48. The summed E-state index contributed by atoms with van der Waals surface area (Å²) >= 11 is 0. The topological polar surface area (TPSA) is 43.4 Å². The molecule has 3 nitrogen and oxygen atoms in total. The maximum Gasteiger partial charge on any atom is 0.305 e. The molecule has 6 atom stereocenters. The van der Waals surface area contributed by atoms with Crippen LogP contribution in [-0.2, 0) is 14.3 Å². The second kappa shape index (κ2) is 7.61. The summed E-state index contributed by atoms with van der Waals surface area (Å²) in [4.78, 5) is 23.7. The fourth-order valence-corrected chi connectivity index (χ4v) is 7.87. The third kappa shape index (κ3) is 3.27. The average molecular weight is 387 g/mol. The minimum Gasteiger partial charge on any atom is -0.466 e. The molecule has 156 valence electrons. The summed E-state index contributed by atoms with van der Waals surface area (Å²) in [7, 11) is 0. The van der Waals surface area contributed by atoms with Crippen molar-refractivity contribution in [2.24, 2.45) is 34.5 Å². The van der Waals surface area contributed by atoms with E-state index in [2.05, 4.69) is 13.8 Å². The molecule has 0 radical (unpaired) electrons. The van der Waals surface area contributed by atoms with Crippen LogP contribution in [0.15, 0.2) is 11.6 Å². The molecular formula is C25H38O3. The number of ketones is 1. The first-order chi connectivity index (χ1) is 13.4. The summed E-state index contributed by atoms with van der Waals surface area (Å²) < 4.78 is 5.11. The number of fused-ring (bicyclic) bond motifs is 5. The number of hydrogen-bond donors (Lipinski definition) is 0. The molecule has 3 fully saturated rings. The first-order valence-electron chi connectivity index (χ1n) is 11.8. The number of esters is 1. The smallest absolute Gasteiger partial charge is 0.305 e. The lowest BCUT2D eigenvalue weighted by molar-refractivity contribution is -0.143. The molecule has 0 amide bonds. The first-order valence-corrected chi connectivity index (χ1v) is 11.8. The summed E-state index contributed by atoms with van der Waals surface area (Å²) in [5, 5.41) is 0.